The first kappa shape index (κ1) is 18.6. The minimum absolute atomic E-state index is 0.136. The van der Waals surface area contributed by atoms with Crippen molar-refractivity contribution in [2.24, 2.45) is 4.40 Å². The molecule has 0 fully saturated rings. The van der Waals surface area contributed by atoms with Crippen LogP contribution in [0, 0.1) is 0 Å². The average molecular weight is 369 g/mol. The Kier molecular flexibility index (Phi) is 5.57. The molecule has 1 aliphatic heterocycles. The van der Waals surface area contributed by atoms with E-state index < -0.39 is 34.7 Å². The van der Waals surface area contributed by atoms with Crippen molar-refractivity contribution in [1.82, 2.24) is 19.6 Å². The van der Waals surface area contributed by atoms with Crippen LogP contribution in [0.4, 0.5) is 0 Å². The molecular weight excluding hydrogens is 350 g/mol. The number of hydrogen-bond acceptors (Lipinski definition) is 6. The molecule has 0 unspecified atom stereocenters. The van der Waals surface area contributed by atoms with Gasteiger partial charge in [-0.1, -0.05) is 0 Å². The van der Waals surface area contributed by atoms with E-state index in [4.69, 9.17) is 0 Å². The van der Waals surface area contributed by atoms with Crippen molar-refractivity contribution in [1.29, 1.82) is 0 Å². The Morgan fingerprint density at radius 3 is 2.68 bits per heavy atom. The zero-order valence-corrected chi connectivity index (χ0v) is 14.8. The second-order valence-electron chi connectivity index (χ2n) is 5.43. The molecule has 1 aromatic heterocycles. The molecule has 2 N–H and O–H groups in total. The number of hydrogen-bond donors (Lipinski definition) is 2. The zero-order valence-electron chi connectivity index (χ0n) is 14.0. The lowest BCUT2D eigenvalue weighted by Gasteiger charge is -2.25. The van der Waals surface area contributed by atoms with E-state index in [1.165, 1.54) is 19.6 Å². The quantitative estimate of drug-likeness (QED) is 0.652. The number of methoxy groups -OCH3 is 1. The van der Waals surface area contributed by atoms with Gasteiger partial charge in [-0.15, -0.1) is 4.40 Å². The molecule has 0 aromatic carbocycles. The van der Waals surface area contributed by atoms with Gasteiger partial charge in [-0.25, -0.2) is 14.1 Å². The maximum atomic E-state index is 12.3. The second-order valence-corrected chi connectivity index (χ2v) is 6.95. The number of carbonyl (C=O) groups excluding carboxylic acids is 2. The number of amides is 1. The highest BCUT2D eigenvalue weighted by atomic mass is 32.2. The summed E-state index contributed by atoms with van der Waals surface area (Å²) in [6.07, 6.45) is 4.65. The first-order valence-electron chi connectivity index (χ1n) is 7.35. The zero-order chi connectivity index (χ0) is 18.6. The van der Waals surface area contributed by atoms with Gasteiger partial charge in [-0.05, 0) is 19.9 Å². The third-order valence-corrected chi connectivity index (χ3v) is 4.93. The third-order valence-electron chi connectivity index (χ3n) is 3.44. The molecule has 0 bridgehead atoms. The molecule has 0 aliphatic carbocycles. The van der Waals surface area contributed by atoms with E-state index in [1.807, 2.05) is 0 Å². The standard InChI is InChI=1S/C14H19N5O5S/c1-9-4-10(2)19(25(22,23)18-9)7-13(20)17-12(14(21)24-3)5-11-6-15-8-16-11/h4,6,8,12H,5,7H2,1-3H3,(H,15,16)(H,17,20)/t12-/m0/s1. The number of aromatic amines is 1. The highest BCUT2D eigenvalue weighted by Crippen LogP contribution is 2.17. The summed E-state index contributed by atoms with van der Waals surface area (Å²) in [4.78, 5) is 30.8. The highest BCUT2D eigenvalue weighted by molar-refractivity contribution is 7.88. The molecule has 0 saturated carbocycles. The summed E-state index contributed by atoms with van der Waals surface area (Å²) in [7, 11) is -2.77. The van der Waals surface area contributed by atoms with Crippen molar-refractivity contribution < 1.29 is 22.7 Å². The first-order valence-corrected chi connectivity index (χ1v) is 8.74. The number of imidazole rings is 1. The van der Waals surface area contributed by atoms with E-state index in [9.17, 15) is 18.0 Å². The lowest BCUT2D eigenvalue weighted by atomic mass is 10.1. The van der Waals surface area contributed by atoms with Gasteiger partial charge in [0.25, 0.3) is 0 Å². The van der Waals surface area contributed by atoms with Crippen LogP contribution in [-0.4, -0.2) is 60.0 Å². The van der Waals surface area contributed by atoms with Crippen LogP contribution < -0.4 is 5.32 Å². The van der Waals surface area contributed by atoms with Gasteiger partial charge >= 0.3 is 16.2 Å². The van der Waals surface area contributed by atoms with Crippen molar-refractivity contribution in [3.05, 3.63) is 30.0 Å². The van der Waals surface area contributed by atoms with Crippen LogP contribution in [-0.2, 0) is 31.0 Å². The predicted molar refractivity (Wildman–Crippen MR) is 88.7 cm³/mol. The summed E-state index contributed by atoms with van der Waals surface area (Å²) in [6.45, 7) is 2.62. The van der Waals surface area contributed by atoms with Crippen molar-refractivity contribution in [2.75, 3.05) is 13.7 Å². The summed E-state index contributed by atoms with van der Waals surface area (Å²) in [6, 6.07) is -0.972. The number of rotatable bonds is 6. The number of nitrogens with one attached hydrogen (secondary N) is 2. The van der Waals surface area contributed by atoms with Gasteiger partial charge < -0.3 is 15.0 Å². The molecular formula is C14H19N5O5S. The van der Waals surface area contributed by atoms with Gasteiger partial charge in [0, 0.05) is 24.0 Å². The number of carbonyl (C=O) groups is 2. The monoisotopic (exact) mass is 369 g/mol. The summed E-state index contributed by atoms with van der Waals surface area (Å²) in [5, 5.41) is 2.48. The van der Waals surface area contributed by atoms with Crippen LogP contribution in [0.2, 0.25) is 0 Å². The van der Waals surface area contributed by atoms with E-state index in [0.717, 1.165) is 4.31 Å². The van der Waals surface area contributed by atoms with Gasteiger partial charge in [0.1, 0.15) is 12.6 Å². The number of aromatic nitrogens is 2. The summed E-state index contributed by atoms with van der Waals surface area (Å²) >= 11 is 0. The first-order chi connectivity index (χ1) is 11.7. The normalized spacial score (nSPS) is 17.3. The third kappa shape index (κ3) is 4.66. The number of H-pyrrole nitrogens is 1. The van der Waals surface area contributed by atoms with Crippen molar-refractivity contribution >= 4 is 27.8 Å². The van der Waals surface area contributed by atoms with Crippen molar-refractivity contribution in [3.8, 4) is 0 Å². The van der Waals surface area contributed by atoms with Gasteiger partial charge in [0.2, 0.25) is 5.91 Å². The van der Waals surface area contributed by atoms with Gasteiger partial charge in [-0.3, -0.25) is 4.79 Å². The number of ether oxygens (including phenoxy) is 1. The van der Waals surface area contributed by atoms with E-state index in [1.54, 1.807) is 19.9 Å². The fraction of sp³-hybridized carbons (Fsp3) is 0.429. The Bertz CT molecular complexity index is 813. The lowest BCUT2D eigenvalue weighted by molar-refractivity contribution is -0.145. The lowest BCUT2D eigenvalue weighted by Crippen LogP contribution is -2.48. The van der Waals surface area contributed by atoms with Crippen LogP contribution in [0.1, 0.15) is 19.5 Å². The smallest absolute Gasteiger partial charge is 0.345 e. The van der Waals surface area contributed by atoms with E-state index in [2.05, 4.69) is 24.4 Å². The number of allylic oxidation sites excluding steroid dienone is 2. The molecule has 2 heterocycles. The van der Waals surface area contributed by atoms with Crippen LogP contribution in [0.15, 0.2) is 28.7 Å². The molecule has 1 amide bonds. The second kappa shape index (κ2) is 7.47. The Labute approximate surface area is 145 Å². The number of nitrogens with zero attached hydrogens (tertiary/aromatic N) is 3. The Hall–Kier alpha value is -2.69. The van der Waals surface area contributed by atoms with Gasteiger partial charge in [0.05, 0.1) is 19.1 Å². The summed E-state index contributed by atoms with van der Waals surface area (Å²) in [5.74, 6) is -1.30. The van der Waals surface area contributed by atoms with Crippen molar-refractivity contribution in [3.63, 3.8) is 0 Å². The SMILES string of the molecule is COC(=O)[C@H](Cc1cnc[nH]1)NC(=O)CN1C(C)=CC(C)=NS1(=O)=O. The van der Waals surface area contributed by atoms with E-state index >= 15 is 0 Å². The molecule has 25 heavy (non-hydrogen) atoms. The molecule has 0 spiro atoms. The van der Waals surface area contributed by atoms with E-state index in [-0.39, 0.29) is 6.42 Å². The Morgan fingerprint density at radius 1 is 1.40 bits per heavy atom. The van der Waals surface area contributed by atoms with Crippen LogP contribution in [0.5, 0.6) is 0 Å². The summed E-state index contributed by atoms with van der Waals surface area (Å²) in [5.41, 5.74) is 1.32. The molecule has 0 saturated heterocycles. The Morgan fingerprint density at radius 2 is 2.12 bits per heavy atom. The predicted octanol–water partition coefficient (Wildman–Crippen LogP) is -0.465. The molecule has 1 aromatic rings. The minimum Gasteiger partial charge on any atom is -0.467 e. The molecule has 1 aliphatic rings. The maximum Gasteiger partial charge on any atom is 0.345 e. The minimum atomic E-state index is -3.97. The fourth-order valence-electron chi connectivity index (χ4n) is 2.34. The van der Waals surface area contributed by atoms with Crippen LogP contribution >= 0.6 is 0 Å². The van der Waals surface area contributed by atoms with Gasteiger partial charge in [-0.2, -0.15) is 8.42 Å². The summed E-state index contributed by atoms with van der Waals surface area (Å²) < 4.78 is 33.3. The Balaban J connectivity index is 2.08. The molecule has 1 atom stereocenters. The average Bonchev–Trinajstić information content (AvgIpc) is 3.02. The maximum absolute atomic E-state index is 12.3. The molecule has 136 valence electrons. The topological polar surface area (TPSA) is 134 Å². The molecule has 10 nitrogen and oxygen atoms in total. The highest BCUT2D eigenvalue weighted by Gasteiger charge is 2.29. The molecule has 0 radical (unpaired) electrons. The van der Waals surface area contributed by atoms with Crippen LogP contribution in [0.3, 0.4) is 0 Å². The fourth-order valence-corrected chi connectivity index (χ4v) is 3.55. The van der Waals surface area contributed by atoms with Gasteiger partial charge in [0.15, 0.2) is 0 Å². The molecule has 2 rings (SSSR count). The number of esters is 1. The molecule has 11 heteroatoms. The van der Waals surface area contributed by atoms with Crippen molar-refractivity contribution in [2.45, 2.75) is 26.3 Å². The van der Waals surface area contributed by atoms with Crippen LogP contribution in [0.25, 0.3) is 0 Å². The largest absolute Gasteiger partial charge is 0.467 e. The van der Waals surface area contributed by atoms with E-state index in [0.29, 0.717) is 17.1 Å².